The first-order chi connectivity index (χ1) is 7.63. The van der Waals surface area contributed by atoms with E-state index >= 15 is 0 Å². The molecule has 1 aromatic carbocycles. The first kappa shape index (κ1) is 11.9. The predicted molar refractivity (Wildman–Crippen MR) is 70.2 cm³/mol. The molecule has 0 amide bonds. The topological polar surface area (TPSA) is 12.5 Å². The Bertz CT molecular complexity index is 390. The molecular weight excluding hydrogens is 266 g/mol. The van der Waals surface area contributed by atoms with Gasteiger partial charge in [-0.1, -0.05) is 15.9 Å². The summed E-state index contributed by atoms with van der Waals surface area (Å²) >= 11 is 3.63. The molecule has 0 radical (unpaired) electrons. The zero-order valence-corrected chi connectivity index (χ0v) is 11.7. The van der Waals surface area contributed by atoms with Crippen LogP contribution in [0.3, 0.4) is 0 Å². The lowest BCUT2D eigenvalue weighted by molar-refractivity contribution is 0.264. The lowest BCUT2D eigenvalue weighted by atomic mass is 9.87. The van der Waals surface area contributed by atoms with Gasteiger partial charge in [0.15, 0.2) is 0 Å². The van der Waals surface area contributed by atoms with Crippen LogP contribution in [0, 0.1) is 0 Å². The second-order valence-electron chi connectivity index (χ2n) is 4.57. The average molecular weight is 284 g/mol. The lowest BCUT2D eigenvalue weighted by Crippen LogP contribution is -2.33. The standard InChI is InChI=1S/C13H18BrNO/c1-15(2)9-4-5-10-11(8-9)13(16-3)7-6-12(10)14/h6-7,9H,4-5,8H2,1-3H3/t9-/m0/s1. The quantitative estimate of drug-likeness (QED) is 0.828. The summed E-state index contributed by atoms with van der Waals surface area (Å²) in [7, 11) is 6.06. The van der Waals surface area contributed by atoms with E-state index in [4.69, 9.17) is 4.74 Å². The van der Waals surface area contributed by atoms with Gasteiger partial charge < -0.3 is 9.64 Å². The van der Waals surface area contributed by atoms with Crippen molar-refractivity contribution in [3.8, 4) is 5.75 Å². The molecule has 0 unspecified atom stereocenters. The fraction of sp³-hybridized carbons (Fsp3) is 0.538. The average Bonchev–Trinajstić information content (AvgIpc) is 2.29. The van der Waals surface area contributed by atoms with Gasteiger partial charge >= 0.3 is 0 Å². The highest BCUT2D eigenvalue weighted by molar-refractivity contribution is 9.10. The summed E-state index contributed by atoms with van der Waals surface area (Å²) in [5, 5.41) is 0. The van der Waals surface area contributed by atoms with Crippen molar-refractivity contribution in [3.63, 3.8) is 0 Å². The monoisotopic (exact) mass is 283 g/mol. The van der Waals surface area contributed by atoms with Crippen LogP contribution in [-0.4, -0.2) is 32.1 Å². The molecule has 1 aromatic rings. The van der Waals surface area contributed by atoms with Crippen LogP contribution >= 0.6 is 15.9 Å². The largest absolute Gasteiger partial charge is 0.496 e. The van der Waals surface area contributed by atoms with Gasteiger partial charge in [0.05, 0.1) is 7.11 Å². The Labute approximate surface area is 106 Å². The highest BCUT2D eigenvalue weighted by Gasteiger charge is 2.24. The van der Waals surface area contributed by atoms with Gasteiger partial charge in [-0.25, -0.2) is 0 Å². The number of ether oxygens (including phenoxy) is 1. The number of hydrogen-bond donors (Lipinski definition) is 0. The highest BCUT2D eigenvalue weighted by atomic mass is 79.9. The van der Waals surface area contributed by atoms with Gasteiger partial charge in [-0.3, -0.25) is 0 Å². The molecule has 2 nitrogen and oxygen atoms in total. The lowest BCUT2D eigenvalue weighted by Gasteiger charge is -2.31. The fourth-order valence-electron chi connectivity index (χ4n) is 2.42. The Balaban J connectivity index is 2.38. The summed E-state index contributed by atoms with van der Waals surface area (Å²) in [4.78, 5) is 2.31. The number of halogens is 1. The summed E-state index contributed by atoms with van der Waals surface area (Å²) in [6.07, 6.45) is 3.45. The molecule has 0 N–H and O–H groups in total. The molecule has 88 valence electrons. The number of hydrogen-bond acceptors (Lipinski definition) is 2. The molecule has 3 heteroatoms. The molecule has 0 saturated carbocycles. The first-order valence-electron chi connectivity index (χ1n) is 5.64. The molecule has 0 spiro atoms. The minimum atomic E-state index is 0.635. The maximum Gasteiger partial charge on any atom is 0.122 e. The highest BCUT2D eigenvalue weighted by Crippen LogP contribution is 2.35. The second-order valence-corrected chi connectivity index (χ2v) is 5.42. The molecule has 1 atom stereocenters. The van der Waals surface area contributed by atoms with Gasteiger partial charge in [0.25, 0.3) is 0 Å². The van der Waals surface area contributed by atoms with Gasteiger partial charge in [0, 0.05) is 10.5 Å². The smallest absolute Gasteiger partial charge is 0.122 e. The minimum absolute atomic E-state index is 0.635. The molecule has 0 aromatic heterocycles. The molecule has 0 fully saturated rings. The Kier molecular flexibility index (Phi) is 3.55. The third-order valence-electron chi connectivity index (χ3n) is 3.45. The molecule has 0 bridgehead atoms. The Morgan fingerprint density at radius 1 is 1.31 bits per heavy atom. The molecule has 2 rings (SSSR count). The minimum Gasteiger partial charge on any atom is -0.496 e. The van der Waals surface area contributed by atoms with Gasteiger partial charge in [0.2, 0.25) is 0 Å². The SMILES string of the molecule is COc1ccc(Br)c2c1C[C@@H](N(C)C)CC2. The van der Waals surface area contributed by atoms with Gasteiger partial charge in [-0.15, -0.1) is 0 Å². The summed E-state index contributed by atoms with van der Waals surface area (Å²) in [6, 6.07) is 4.78. The summed E-state index contributed by atoms with van der Waals surface area (Å²) in [5.41, 5.74) is 2.80. The summed E-state index contributed by atoms with van der Waals surface area (Å²) in [5.74, 6) is 1.03. The third kappa shape index (κ3) is 2.11. The van der Waals surface area contributed by atoms with E-state index in [1.54, 1.807) is 7.11 Å². The van der Waals surface area contributed by atoms with E-state index in [1.807, 2.05) is 0 Å². The molecular formula is C13H18BrNO. The second kappa shape index (κ2) is 4.76. The summed E-state index contributed by atoms with van der Waals surface area (Å²) in [6.45, 7) is 0. The van der Waals surface area contributed by atoms with E-state index < -0.39 is 0 Å². The number of rotatable bonds is 2. The van der Waals surface area contributed by atoms with Crippen LogP contribution in [0.2, 0.25) is 0 Å². The van der Waals surface area contributed by atoms with Crippen LogP contribution in [0.1, 0.15) is 17.5 Å². The maximum atomic E-state index is 5.46. The third-order valence-corrected chi connectivity index (χ3v) is 4.19. The molecule has 0 heterocycles. The van der Waals surface area contributed by atoms with Gasteiger partial charge in [-0.05, 0) is 56.6 Å². The molecule has 1 aliphatic rings. The number of fused-ring (bicyclic) bond motifs is 1. The zero-order valence-electron chi connectivity index (χ0n) is 10.1. The normalized spacial score (nSPS) is 19.7. The Hall–Kier alpha value is -0.540. The van der Waals surface area contributed by atoms with Crippen LogP contribution in [-0.2, 0) is 12.8 Å². The van der Waals surface area contributed by atoms with Gasteiger partial charge in [0.1, 0.15) is 5.75 Å². The van der Waals surface area contributed by atoms with E-state index in [1.165, 1.54) is 22.0 Å². The van der Waals surface area contributed by atoms with Crippen LogP contribution in [0.25, 0.3) is 0 Å². The van der Waals surface area contributed by atoms with Crippen LogP contribution in [0.5, 0.6) is 5.75 Å². The van der Waals surface area contributed by atoms with Crippen molar-refractivity contribution in [1.82, 2.24) is 4.90 Å². The first-order valence-corrected chi connectivity index (χ1v) is 6.43. The van der Waals surface area contributed by atoms with Crippen LogP contribution in [0.15, 0.2) is 16.6 Å². The van der Waals surface area contributed by atoms with Crippen molar-refractivity contribution in [3.05, 3.63) is 27.7 Å². The molecule has 1 aliphatic carbocycles. The maximum absolute atomic E-state index is 5.46. The Morgan fingerprint density at radius 2 is 2.06 bits per heavy atom. The van der Waals surface area contributed by atoms with Crippen molar-refractivity contribution >= 4 is 15.9 Å². The molecule has 0 aliphatic heterocycles. The van der Waals surface area contributed by atoms with Crippen LogP contribution in [0.4, 0.5) is 0 Å². The number of nitrogens with zero attached hydrogens (tertiary/aromatic N) is 1. The predicted octanol–water partition coefficient (Wildman–Crippen LogP) is 2.88. The van der Waals surface area contributed by atoms with E-state index in [-0.39, 0.29) is 0 Å². The van der Waals surface area contributed by atoms with E-state index in [0.29, 0.717) is 6.04 Å². The number of methoxy groups -OCH3 is 1. The van der Waals surface area contributed by atoms with Gasteiger partial charge in [-0.2, -0.15) is 0 Å². The zero-order chi connectivity index (χ0) is 11.7. The van der Waals surface area contributed by atoms with Crippen molar-refractivity contribution in [1.29, 1.82) is 0 Å². The number of likely N-dealkylation sites (N-methyl/N-ethyl adjacent to an activating group) is 1. The van der Waals surface area contributed by atoms with Crippen LogP contribution < -0.4 is 4.74 Å². The fourth-order valence-corrected chi connectivity index (χ4v) is 2.99. The van der Waals surface area contributed by atoms with E-state index in [0.717, 1.165) is 18.6 Å². The van der Waals surface area contributed by atoms with E-state index in [2.05, 4.69) is 47.1 Å². The Morgan fingerprint density at radius 3 is 2.69 bits per heavy atom. The molecule has 0 saturated heterocycles. The van der Waals surface area contributed by atoms with E-state index in [9.17, 15) is 0 Å². The summed E-state index contributed by atoms with van der Waals surface area (Å²) < 4.78 is 6.68. The number of benzene rings is 1. The molecule has 16 heavy (non-hydrogen) atoms. The van der Waals surface area contributed by atoms with Crippen molar-refractivity contribution < 1.29 is 4.74 Å². The van der Waals surface area contributed by atoms with Crippen molar-refractivity contribution in [2.45, 2.75) is 25.3 Å². The van der Waals surface area contributed by atoms with Crippen molar-refractivity contribution in [2.75, 3.05) is 21.2 Å². The van der Waals surface area contributed by atoms with Crippen molar-refractivity contribution in [2.24, 2.45) is 0 Å².